The minimum Gasteiger partial charge on any atom is -0.470 e. The van der Waals surface area contributed by atoms with Gasteiger partial charge in [0.25, 0.3) is 0 Å². The van der Waals surface area contributed by atoms with Gasteiger partial charge in [0.1, 0.15) is 6.10 Å². The molecule has 0 N–H and O–H groups in total. The Labute approximate surface area is 82.5 Å². The Kier molecular flexibility index (Phi) is 4.01. The molecule has 1 atom stereocenters. The van der Waals surface area contributed by atoms with Crippen LogP contribution in [0, 0.1) is 12.3 Å². The fraction of sp³-hybridized carbons (Fsp3) is 0.333. The molecule has 64 valence electrons. The van der Waals surface area contributed by atoms with E-state index in [1.54, 1.807) is 6.20 Å². The van der Waals surface area contributed by atoms with Crippen molar-refractivity contribution < 1.29 is 4.74 Å². The molecule has 0 aromatic heterocycles. The van der Waals surface area contributed by atoms with E-state index in [9.17, 15) is 0 Å². The second kappa shape index (κ2) is 5.09. The van der Waals surface area contributed by atoms with E-state index in [0.717, 1.165) is 3.90 Å². The standard InChI is InChI=1S/C9H10INO/c1-3-5-8(2)12-9-10-6-4-7-11-9/h1,4,6-8H,5H2,2H3. The average molecular weight is 275 g/mol. The molecule has 0 aromatic carbocycles. The van der Waals surface area contributed by atoms with Crippen LogP contribution in [-0.4, -0.2) is 14.0 Å². The van der Waals surface area contributed by atoms with Crippen LogP contribution in [0.2, 0.25) is 0 Å². The molecule has 3 heteroatoms. The summed E-state index contributed by atoms with van der Waals surface area (Å²) < 4.78 is 8.48. The van der Waals surface area contributed by atoms with E-state index in [-0.39, 0.29) is 26.8 Å². The fourth-order valence-electron chi connectivity index (χ4n) is 0.682. The van der Waals surface area contributed by atoms with Gasteiger partial charge in [-0.2, -0.15) is 0 Å². The molecule has 1 aliphatic rings. The van der Waals surface area contributed by atoms with Crippen LogP contribution >= 0.6 is 20.7 Å². The Balaban J connectivity index is 2.42. The number of nitrogens with zero attached hydrogens (tertiary/aromatic N) is 1. The highest BCUT2D eigenvalue weighted by Crippen LogP contribution is 2.10. The summed E-state index contributed by atoms with van der Waals surface area (Å²) in [6, 6.07) is 0. The Bertz CT molecular complexity index is 273. The zero-order chi connectivity index (χ0) is 8.81. The van der Waals surface area contributed by atoms with E-state index in [1.807, 2.05) is 13.0 Å². The number of terminal acetylenes is 1. The maximum Gasteiger partial charge on any atom is 0.246 e. The van der Waals surface area contributed by atoms with Gasteiger partial charge in [-0.25, -0.2) is 4.99 Å². The molecule has 0 saturated heterocycles. The van der Waals surface area contributed by atoms with Gasteiger partial charge in [-0.05, 0) is 37.7 Å². The van der Waals surface area contributed by atoms with Crippen molar-refractivity contribution in [2.75, 3.05) is 0 Å². The fourth-order valence-corrected chi connectivity index (χ4v) is 2.29. The summed E-state index contributed by atoms with van der Waals surface area (Å²) in [5.74, 6) is 2.56. The molecule has 1 aliphatic heterocycles. The first-order chi connectivity index (χ1) is 5.83. The summed E-state index contributed by atoms with van der Waals surface area (Å²) in [6.07, 6.45) is 9.59. The van der Waals surface area contributed by atoms with Gasteiger partial charge in [0.05, 0.1) is 0 Å². The first-order valence-corrected chi connectivity index (χ1v) is 5.95. The molecule has 0 amide bonds. The highest BCUT2D eigenvalue weighted by molar-refractivity contribution is 14.2. The molecule has 1 rings (SSSR count). The van der Waals surface area contributed by atoms with E-state index in [4.69, 9.17) is 11.2 Å². The molecule has 0 aliphatic carbocycles. The van der Waals surface area contributed by atoms with Gasteiger partial charge in [-0.1, -0.05) is 0 Å². The number of hydrogen-bond donors (Lipinski definition) is 0. The number of rotatable bonds is 2. The summed E-state index contributed by atoms with van der Waals surface area (Å²) in [6.45, 7) is 1.96. The SMILES string of the molecule is C#CCC(C)OC1=NC=CC=I1. The van der Waals surface area contributed by atoms with Gasteiger partial charge in [0, 0.05) is 12.6 Å². The van der Waals surface area contributed by atoms with Gasteiger partial charge in [-0.15, -0.1) is 12.3 Å². The third-order valence-corrected chi connectivity index (χ3v) is 3.04. The van der Waals surface area contributed by atoms with Gasteiger partial charge >= 0.3 is 0 Å². The van der Waals surface area contributed by atoms with Crippen molar-refractivity contribution in [2.24, 2.45) is 4.99 Å². The second-order valence-electron chi connectivity index (χ2n) is 2.30. The molecule has 2 nitrogen and oxygen atoms in total. The average Bonchev–Trinajstić information content (AvgIpc) is 2.06. The topological polar surface area (TPSA) is 21.6 Å². The lowest BCUT2D eigenvalue weighted by atomic mass is 10.3. The van der Waals surface area contributed by atoms with E-state index < -0.39 is 0 Å². The van der Waals surface area contributed by atoms with Crippen LogP contribution in [-0.2, 0) is 4.74 Å². The minimum atomic E-state index is -0.149. The molecule has 0 bridgehead atoms. The van der Waals surface area contributed by atoms with Crippen LogP contribution in [0.15, 0.2) is 17.3 Å². The lowest BCUT2D eigenvalue weighted by molar-refractivity contribution is 0.224. The van der Waals surface area contributed by atoms with E-state index in [2.05, 4.69) is 14.9 Å². The zero-order valence-corrected chi connectivity index (χ0v) is 8.98. The third-order valence-electron chi connectivity index (χ3n) is 1.19. The lowest BCUT2D eigenvalue weighted by Gasteiger charge is -2.10. The molecular formula is C9H10INO. The first kappa shape index (κ1) is 9.46. The van der Waals surface area contributed by atoms with Gasteiger partial charge < -0.3 is 4.74 Å². The lowest BCUT2D eigenvalue weighted by Crippen LogP contribution is -2.10. The Hall–Kier alpha value is -0.630. The summed E-state index contributed by atoms with van der Waals surface area (Å²) >= 11 is -0.149. The van der Waals surface area contributed by atoms with Crippen LogP contribution in [0.25, 0.3) is 0 Å². The van der Waals surface area contributed by atoms with Crippen molar-refractivity contribution >= 4 is 28.6 Å². The Morgan fingerprint density at radius 2 is 2.67 bits per heavy atom. The predicted molar refractivity (Wildman–Crippen MR) is 60.7 cm³/mol. The third kappa shape index (κ3) is 3.18. The second-order valence-corrected chi connectivity index (χ2v) is 4.56. The number of allylic oxidation sites excluding steroid dienone is 1. The molecule has 0 radical (unpaired) electrons. The molecule has 0 saturated carbocycles. The number of halogens is 1. The monoisotopic (exact) mass is 275 g/mol. The van der Waals surface area contributed by atoms with Crippen molar-refractivity contribution in [1.82, 2.24) is 0 Å². The van der Waals surface area contributed by atoms with Gasteiger partial charge in [0.15, 0.2) is 0 Å². The van der Waals surface area contributed by atoms with E-state index in [1.165, 1.54) is 0 Å². The van der Waals surface area contributed by atoms with E-state index >= 15 is 0 Å². The smallest absolute Gasteiger partial charge is 0.246 e. The summed E-state index contributed by atoms with van der Waals surface area (Å²) in [5.41, 5.74) is 0. The molecule has 0 fully saturated rings. The number of aliphatic imine (C=N–C) groups is 1. The highest BCUT2D eigenvalue weighted by atomic mass is 127. The number of ether oxygens (including phenoxy) is 1. The maximum atomic E-state index is 5.51. The molecule has 0 aromatic rings. The summed E-state index contributed by atoms with van der Waals surface area (Å²) in [4.78, 5) is 4.11. The van der Waals surface area contributed by atoms with Crippen molar-refractivity contribution in [3.63, 3.8) is 0 Å². The van der Waals surface area contributed by atoms with Crippen molar-refractivity contribution in [2.45, 2.75) is 19.4 Å². The van der Waals surface area contributed by atoms with Gasteiger partial charge in [0.2, 0.25) is 3.90 Å². The molecule has 1 unspecified atom stereocenters. The van der Waals surface area contributed by atoms with Crippen LogP contribution in [0.3, 0.4) is 0 Å². The molecular weight excluding hydrogens is 265 g/mol. The Morgan fingerprint density at radius 1 is 1.83 bits per heavy atom. The van der Waals surface area contributed by atoms with E-state index in [0.29, 0.717) is 6.42 Å². The summed E-state index contributed by atoms with van der Waals surface area (Å²) in [7, 11) is 0. The summed E-state index contributed by atoms with van der Waals surface area (Å²) in [5, 5.41) is 0. The first-order valence-electron chi connectivity index (χ1n) is 3.62. The van der Waals surface area contributed by atoms with Crippen molar-refractivity contribution in [3.8, 4) is 12.3 Å². The van der Waals surface area contributed by atoms with Crippen LogP contribution in [0.1, 0.15) is 13.3 Å². The molecule has 0 spiro atoms. The van der Waals surface area contributed by atoms with Crippen molar-refractivity contribution in [1.29, 1.82) is 0 Å². The largest absolute Gasteiger partial charge is 0.470 e. The van der Waals surface area contributed by atoms with Crippen LogP contribution in [0.5, 0.6) is 0 Å². The maximum absolute atomic E-state index is 5.51. The van der Waals surface area contributed by atoms with Crippen LogP contribution < -0.4 is 0 Å². The Morgan fingerprint density at radius 3 is 3.25 bits per heavy atom. The quantitative estimate of drug-likeness (QED) is 0.558. The van der Waals surface area contributed by atoms with Crippen LogP contribution in [0.4, 0.5) is 0 Å². The normalized spacial score (nSPS) is 17.2. The zero-order valence-electron chi connectivity index (χ0n) is 6.83. The molecule has 12 heavy (non-hydrogen) atoms. The highest BCUT2D eigenvalue weighted by Gasteiger charge is 2.04. The predicted octanol–water partition coefficient (Wildman–Crippen LogP) is 2.07. The number of hydrogen-bond acceptors (Lipinski definition) is 2. The van der Waals surface area contributed by atoms with Crippen molar-refractivity contribution in [3.05, 3.63) is 12.3 Å². The molecule has 1 heterocycles. The minimum absolute atomic E-state index is 0.0911. The van der Waals surface area contributed by atoms with Gasteiger partial charge in [-0.3, -0.25) is 0 Å².